The van der Waals surface area contributed by atoms with Gasteiger partial charge in [0.1, 0.15) is 17.6 Å². The first-order valence-electron chi connectivity index (χ1n) is 8.08. The molecule has 1 atom stereocenters. The highest BCUT2D eigenvalue weighted by molar-refractivity contribution is 7.89. The standard InChI is InChI=1S/C17H15FN4O3S/c18-12-5-3-6-13(11-12)26(23,24)22-10-4-8-15(22)17-21-20-16(25-17)14-7-1-2-9-19-14/h1-3,5-7,9,11,15H,4,8,10H2. The number of hydrogen-bond acceptors (Lipinski definition) is 6. The summed E-state index contributed by atoms with van der Waals surface area (Å²) in [6.07, 6.45) is 2.81. The number of benzene rings is 1. The third-order valence-electron chi connectivity index (χ3n) is 4.22. The molecule has 9 heteroatoms. The molecule has 1 aromatic carbocycles. The van der Waals surface area contributed by atoms with Crippen molar-refractivity contribution in [2.24, 2.45) is 0 Å². The fourth-order valence-corrected chi connectivity index (χ4v) is 4.68. The smallest absolute Gasteiger partial charge is 0.266 e. The third kappa shape index (κ3) is 2.99. The van der Waals surface area contributed by atoms with E-state index in [2.05, 4.69) is 15.2 Å². The van der Waals surface area contributed by atoms with Gasteiger partial charge in [-0.05, 0) is 43.2 Å². The summed E-state index contributed by atoms with van der Waals surface area (Å²) in [5, 5.41) is 7.99. The predicted molar refractivity (Wildman–Crippen MR) is 89.8 cm³/mol. The molecule has 1 aliphatic heterocycles. The predicted octanol–water partition coefficient (Wildman–Crippen LogP) is 2.80. The SMILES string of the molecule is O=S(=O)(c1cccc(F)c1)N1CCCC1c1nnc(-c2ccccn2)o1. The number of hydrogen-bond donors (Lipinski definition) is 0. The van der Waals surface area contributed by atoms with Gasteiger partial charge in [-0.25, -0.2) is 12.8 Å². The zero-order chi connectivity index (χ0) is 18.1. The Kier molecular flexibility index (Phi) is 4.25. The van der Waals surface area contributed by atoms with Crippen molar-refractivity contribution in [1.82, 2.24) is 19.5 Å². The van der Waals surface area contributed by atoms with Gasteiger partial charge in [-0.15, -0.1) is 10.2 Å². The van der Waals surface area contributed by atoms with Crippen molar-refractivity contribution in [2.45, 2.75) is 23.8 Å². The molecule has 1 aliphatic rings. The first-order chi connectivity index (χ1) is 12.6. The van der Waals surface area contributed by atoms with Gasteiger partial charge < -0.3 is 4.42 Å². The Balaban J connectivity index is 1.66. The van der Waals surface area contributed by atoms with Gasteiger partial charge in [0.25, 0.3) is 5.89 Å². The third-order valence-corrected chi connectivity index (χ3v) is 6.12. The number of rotatable bonds is 4. The Bertz CT molecular complexity index is 1020. The van der Waals surface area contributed by atoms with Crippen molar-refractivity contribution < 1.29 is 17.2 Å². The molecule has 4 rings (SSSR count). The maximum atomic E-state index is 13.5. The van der Waals surface area contributed by atoms with Crippen LogP contribution in [-0.4, -0.2) is 34.4 Å². The maximum Gasteiger partial charge on any atom is 0.266 e. The van der Waals surface area contributed by atoms with E-state index in [9.17, 15) is 12.8 Å². The average molecular weight is 374 g/mol. The summed E-state index contributed by atoms with van der Waals surface area (Å²) in [5.74, 6) is -0.157. The average Bonchev–Trinajstić information content (AvgIpc) is 3.32. The van der Waals surface area contributed by atoms with Crippen molar-refractivity contribution in [2.75, 3.05) is 6.54 Å². The molecule has 3 heterocycles. The highest BCUT2D eigenvalue weighted by Crippen LogP contribution is 2.36. The van der Waals surface area contributed by atoms with E-state index < -0.39 is 21.9 Å². The normalized spacial score (nSPS) is 18.3. The van der Waals surface area contributed by atoms with Gasteiger partial charge in [0.05, 0.1) is 4.90 Å². The largest absolute Gasteiger partial charge is 0.417 e. The van der Waals surface area contributed by atoms with E-state index >= 15 is 0 Å². The molecular weight excluding hydrogens is 359 g/mol. The Labute approximate surface area is 149 Å². The summed E-state index contributed by atoms with van der Waals surface area (Å²) in [7, 11) is -3.86. The lowest BCUT2D eigenvalue weighted by atomic mass is 10.2. The molecule has 1 unspecified atom stereocenters. The highest BCUT2D eigenvalue weighted by atomic mass is 32.2. The summed E-state index contributed by atoms with van der Waals surface area (Å²) in [4.78, 5) is 4.06. The number of sulfonamides is 1. The van der Waals surface area contributed by atoms with Crippen molar-refractivity contribution >= 4 is 10.0 Å². The molecule has 0 bridgehead atoms. The van der Waals surface area contributed by atoms with Crippen LogP contribution in [0.3, 0.4) is 0 Å². The van der Waals surface area contributed by atoms with Crippen LogP contribution >= 0.6 is 0 Å². The first-order valence-corrected chi connectivity index (χ1v) is 9.52. The number of halogens is 1. The fourth-order valence-electron chi connectivity index (χ4n) is 3.00. The van der Waals surface area contributed by atoms with Crippen LogP contribution in [0.2, 0.25) is 0 Å². The van der Waals surface area contributed by atoms with Crippen LogP contribution in [0.25, 0.3) is 11.6 Å². The molecule has 134 valence electrons. The molecule has 0 saturated carbocycles. The Hall–Kier alpha value is -2.65. The Morgan fingerprint density at radius 2 is 2.04 bits per heavy atom. The zero-order valence-electron chi connectivity index (χ0n) is 13.6. The fraction of sp³-hybridized carbons (Fsp3) is 0.235. The van der Waals surface area contributed by atoms with Gasteiger partial charge in [-0.3, -0.25) is 4.98 Å². The quantitative estimate of drug-likeness (QED) is 0.698. The number of pyridine rings is 1. The van der Waals surface area contributed by atoms with E-state index in [1.54, 1.807) is 24.4 Å². The highest BCUT2D eigenvalue weighted by Gasteiger charge is 2.39. The number of aromatic nitrogens is 3. The van der Waals surface area contributed by atoms with Crippen molar-refractivity contribution in [3.8, 4) is 11.6 Å². The molecule has 3 aromatic rings. The summed E-state index contributed by atoms with van der Waals surface area (Å²) in [6, 6.07) is 9.68. The van der Waals surface area contributed by atoms with E-state index in [-0.39, 0.29) is 16.7 Å². The van der Waals surface area contributed by atoms with Crippen molar-refractivity contribution in [3.05, 3.63) is 60.4 Å². The molecule has 1 saturated heterocycles. The Morgan fingerprint density at radius 1 is 1.15 bits per heavy atom. The van der Waals surface area contributed by atoms with Crippen LogP contribution in [0.15, 0.2) is 58.0 Å². The monoisotopic (exact) mass is 374 g/mol. The molecule has 0 aliphatic carbocycles. The minimum atomic E-state index is -3.86. The lowest BCUT2D eigenvalue weighted by Crippen LogP contribution is -2.31. The van der Waals surface area contributed by atoms with Crippen LogP contribution in [0, 0.1) is 5.82 Å². The van der Waals surface area contributed by atoms with Gasteiger partial charge in [0.2, 0.25) is 15.9 Å². The Morgan fingerprint density at radius 3 is 2.81 bits per heavy atom. The molecule has 2 aromatic heterocycles. The van der Waals surface area contributed by atoms with E-state index in [0.29, 0.717) is 25.1 Å². The molecule has 7 nitrogen and oxygen atoms in total. The second-order valence-corrected chi connectivity index (χ2v) is 7.78. The lowest BCUT2D eigenvalue weighted by molar-refractivity contribution is 0.332. The van der Waals surface area contributed by atoms with Crippen LogP contribution in [0.5, 0.6) is 0 Å². The van der Waals surface area contributed by atoms with Gasteiger partial charge >= 0.3 is 0 Å². The van der Waals surface area contributed by atoms with E-state index in [4.69, 9.17) is 4.42 Å². The van der Waals surface area contributed by atoms with E-state index in [1.165, 1.54) is 22.5 Å². The number of nitrogens with zero attached hydrogens (tertiary/aromatic N) is 4. The molecule has 0 radical (unpaired) electrons. The molecule has 0 amide bonds. The minimum Gasteiger partial charge on any atom is -0.417 e. The van der Waals surface area contributed by atoms with E-state index in [1.807, 2.05) is 0 Å². The molecule has 0 N–H and O–H groups in total. The zero-order valence-corrected chi connectivity index (χ0v) is 14.4. The van der Waals surface area contributed by atoms with Gasteiger partial charge in [0, 0.05) is 12.7 Å². The lowest BCUT2D eigenvalue weighted by Gasteiger charge is -2.21. The second-order valence-electron chi connectivity index (χ2n) is 5.89. The van der Waals surface area contributed by atoms with Crippen LogP contribution < -0.4 is 0 Å². The van der Waals surface area contributed by atoms with Gasteiger partial charge in [-0.2, -0.15) is 4.31 Å². The van der Waals surface area contributed by atoms with Gasteiger partial charge in [-0.1, -0.05) is 12.1 Å². The van der Waals surface area contributed by atoms with Crippen molar-refractivity contribution in [3.63, 3.8) is 0 Å². The molecule has 0 spiro atoms. The maximum absolute atomic E-state index is 13.5. The van der Waals surface area contributed by atoms with Crippen LogP contribution in [-0.2, 0) is 10.0 Å². The summed E-state index contributed by atoms with van der Waals surface area (Å²) in [6.45, 7) is 0.310. The first kappa shape index (κ1) is 16.8. The molecular formula is C17H15FN4O3S. The second kappa shape index (κ2) is 6.58. The topological polar surface area (TPSA) is 89.2 Å². The molecule has 1 fully saturated rings. The van der Waals surface area contributed by atoms with Crippen LogP contribution in [0.1, 0.15) is 24.8 Å². The van der Waals surface area contributed by atoms with Crippen molar-refractivity contribution in [1.29, 1.82) is 0 Å². The summed E-state index contributed by atoms with van der Waals surface area (Å²) < 4.78 is 46.2. The minimum absolute atomic E-state index is 0.0890. The summed E-state index contributed by atoms with van der Waals surface area (Å²) in [5.41, 5.74) is 0.517. The summed E-state index contributed by atoms with van der Waals surface area (Å²) >= 11 is 0. The van der Waals surface area contributed by atoms with E-state index in [0.717, 1.165) is 6.07 Å². The van der Waals surface area contributed by atoms with Crippen LogP contribution in [0.4, 0.5) is 4.39 Å². The molecule has 26 heavy (non-hydrogen) atoms. The van der Waals surface area contributed by atoms with Gasteiger partial charge in [0.15, 0.2) is 0 Å².